The number of fused-ring (bicyclic) bond motifs is 1. The average molecular weight is 416 g/mol. The van der Waals surface area contributed by atoms with Gasteiger partial charge < -0.3 is 19.2 Å². The van der Waals surface area contributed by atoms with Crippen LogP contribution in [0, 0.1) is 13.8 Å². The van der Waals surface area contributed by atoms with Gasteiger partial charge in [0.15, 0.2) is 0 Å². The van der Waals surface area contributed by atoms with Crippen LogP contribution in [-0.4, -0.2) is 35.6 Å². The topological polar surface area (TPSA) is 108 Å². The lowest BCUT2D eigenvalue weighted by atomic mass is 10.1. The fraction of sp³-hybridized carbons (Fsp3) is 0.300. The number of hydrogen-bond acceptors (Lipinski definition) is 8. The van der Waals surface area contributed by atoms with Gasteiger partial charge in [-0.05, 0) is 44.0 Å². The number of carbonyl (C=O) groups is 2. The van der Waals surface area contributed by atoms with Crippen molar-refractivity contribution in [1.29, 1.82) is 0 Å². The Bertz CT molecular complexity index is 1150. The predicted molar refractivity (Wildman–Crippen MR) is 108 cm³/mol. The fourth-order valence-electron chi connectivity index (χ4n) is 2.81. The number of H-pyrrole nitrogens is 1. The number of methoxy groups -OCH3 is 1. The lowest BCUT2D eigenvalue weighted by Gasteiger charge is -2.08. The first-order valence-electron chi connectivity index (χ1n) is 8.86. The maximum Gasteiger partial charge on any atom is 0.348 e. The molecule has 3 rings (SSSR count). The smallest absolute Gasteiger partial charge is 0.348 e. The second-order valence-electron chi connectivity index (χ2n) is 6.23. The van der Waals surface area contributed by atoms with Crippen LogP contribution in [0.15, 0.2) is 23.0 Å². The number of benzene rings is 1. The molecule has 0 spiro atoms. The molecule has 3 aromatic rings. The van der Waals surface area contributed by atoms with Crippen molar-refractivity contribution < 1.29 is 23.8 Å². The molecule has 0 aliphatic rings. The molecule has 0 unspecified atom stereocenters. The lowest BCUT2D eigenvalue weighted by molar-refractivity contribution is 0.0461. The van der Waals surface area contributed by atoms with E-state index in [-0.39, 0.29) is 19.0 Å². The monoisotopic (exact) mass is 416 g/mol. The van der Waals surface area contributed by atoms with Crippen LogP contribution in [0.1, 0.15) is 43.9 Å². The first-order chi connectivity index (χ1) is 13.8. The van der Waals surface area contributed by atoms with Gasteiger partial charge in [-0.25, -0.2) is 14.6 Å². The second-order valence-corrected chi connectivity index (χ2v) is 7.23. The van der Waals surface area contributed by atoms with E-state index in [9.17, 15) is 14.4 Å². The van der Waals surface area contributed by atoms with Crippen LogP contribution in [0.25, 0.3) is 10.2 Å². The Morgan fingerprint density at radius 1 is 1.17 bits per heavy atom. The minimum Gasteiger partial charge on any atom is -0.496 e. The molecule has 9 heteroatoms. The predicted octanol–water partition coefficient (Wildman–Crippen LogP) is 3.14. The van der Waals surface area contributed by atoms with E-state index in [0.29, 0.717) is 32.0 Å². The van der Waals surface area contributed by atoms with Gasteiger partial charge in [0.1, 0.15) is 27.9 Å². The molecule has 0 saturated heterocycles. The molecule has 0 bridgehead atoms. The summed E-state index contributed by atoms with van der Waals surface area (Å²) in [5, 5.41) is 0.330. The number of hydrogen-bond donors (Lipinski definition) is 1. The third kappa shape index (κ3) is 4.14. The van der Waals surface area contributed by atoms with Crippen molar-refractivity contribution in [2.45, 2.75) is 27.4 Å². The molecule has 1 N–H and O–H groups in total. The number of aromatic nitrogens is 2. The second kappa shape index (κ2) is 8.44. The first kappa shape index (κ1) is 20.5. The average Bonchev–Trinajstić information content (AvgIpc) is 3.03. The van der Waals surface area contributed by atoms with Gasteiger partial charge in [-0.15, -0.1) is 11.3 Å². The first-order valence-corrected chi connectivity index (χ1v) is 9.68. The normalized spacial score (nSPS) is 10.8. The van der Waals surface area contributed by atoms with Crippen molar-refractivity contribution in [2.75, 3.05) is 13.7 Å². The van der Waals surface area contributed by atoms with Crippen LogP contribution in [0.2, 0.25) is 0 Å². The molecule has 0 atom stereocenters. The Hall–Kier alpha value is -3.20. The summed E-state index contributed by atoms with van der Waals surface area (Å²) in [5.41, 5.74) is 1.34. The lowest BCUT2D eigenvalue weighted by Crippen LogP contribution is -2.14. The molecule has 2 heterocycles. The van der Waals surface area contributed by atoms with Gasteiger partial charge in [-0.1, -0.05) is 6.07 Å². The zero-order chi connectivity index (χ0) is 21.1. The van der Waals surface area contributed by atoms with Gasteiger partial charge in [0.25, 0.3) is 5.56 Å². The molecule has 0 amide bonds. The van der Waals surface area contributed by atoms with E-state index in [1.807, 2.05) is 6.92 Å². The van der Waals surface area contributed by atoms with Crippen molar-refractivity contribution in [3.8, 4) is 5.75 Å². The molecule has 0 aliphatic carbocycles. The number of nitrogens with one attached hydrogen (secondary N) is 1. The summed E-state index contributed by atoms with van der Waals surface area (Å²) >= 11 is 1.07. The number of aromatic amines is 1. The molecular weight excluding hydrogens is 396 g/mol. The summed E-state index contributed by atoms with van der Waals surface area (Å²) in [5.74, 6) is -0.297. The van der Waals surface area contributed by atoms with Gasteiger partial charge in [0.05, 0.1) is 24.7 Å². The van der Waals surface area contributed by atoms with Gasteiger partial charge >= 0.3 is 11.9 Å². The molecule has 8 nitrogen and oxygen atoms in total. The fourth-order valence-corrected chi connectivity index (χ4v) is 3.91. The van der Waals surface area contributed by atoms with E-state index >= 15 is 0 Å². The standard InChI is InChI=1S/C20H20N2O6S/c1-5-27-20(25)16-11(3)15-17(23)21-14(22-18(15)29-16)9-28-19(24)12-7-6-10(2)13(8-12)26-4/h6-8H,5,9H2,1-4H3,(H,21,22,23). The molecular formula is C20H20N2O6S. The van der Waals surface area contributed by atoms with Crippen molar-refractivity contribution >= 4 is 33.5 Å². The highest BCUT2D eigenvalue weighted by atomic mass is 32.1. The minimum atomic E-state index is -0.569. The Balaban J connectivity index is 1.83. The number of aryl methyl sites for hydroxylation is 2. The van der Waals surface area contributed by atoms with Crippen LogP contribution >= 0.6 is 11.3 Å². The van der Waals surface area contributed by atoms with Crippen LogP contribution in [0.5, 0.6) is 5.75 Å². The molecule has 2 aromatic heterocycles. The van der Waals surface area contributed by atoms with Crippen LogP contribution < -0.4 is 10.3 Å². The van der Waals surface area contributed by atoms with Crippen molar-refractivity contribution in [2.24, 2.45) is 0 Å². The Morgan fingerprint density at radius 3 is 2.62 bits per heavy atom. The zero-order valence-electron chi connectivity index (χ0n) is 16.5. The van der Waals surface area contributed by atoms with Gasteiger partial charge in [0.2, 0.25) is 0 Å². The highest BCUT2D eigenvalue weighted by Gasteiger charge is 2.20. The summed E-state index contributed by atoms with van der Waals surface area (Å²) in [4.78, 5) is 44.5. The van der Waals surface area contributed by atoms with Gasteiger partial charge in [-0.2, -0.15) is 0 Å². The number of nitrogens with zero attached hydrogens (tertiary/aromatic N) is 1. The zero-order valence-corrected chi connectivity index (χ0v) is 17.3. The van der Waals surface area contributed by atoms with Crippen LogP contribution in [0.3, 0.4) is 0 Å². The van der Waals surface area contributed by atoms with E-state index in [1.54, 1.807) is 32.0 Å². The number of carbonyl (C=O) groups excluding carboxylic acids is 2. The SMILES string of the molecule is CCOC(=O)c1sc2nc(COC(=O)c3ccc(C)c(OC)c3)[nH]c(=O)c2c1C. The Kier molecular flexibility index (Phi) is 5.97. The van der Waals surface area contributed by atoms with E-state index in [0.717, 1.165) is 16.9 Å². The number of esters is 2. The number of ether oxygens (including phenoxy) is 3. The third-order valence-electron chi connectivity index (χ3n) is 4.29. The van der Waals surface area contributed by atoms with Gasteiger partial charge in [-0.3, -0.25) is 4.79 Å². The van der Waals surface area contributed by atoms with E-state index in [1.165, 1.54) is 7.11 Å². The maximum atomic E-state index is 12.5. The summed E-state index contributed by atoms with van der Waals surface area (Å²) < 4.78 is 15.5. The Morgan fingerprint density at radius 2 is 1.93 bits per heavy atom. The van der Waals surface area contributed by atoms with Crippen molar-refractivity contribution in [3.63, 3.8) is 0 Å². The van der Waals surface area contributed by atoms with Crippen molar-refractivity contribution in [1.82, 2.24) is 9.97 Å². The van der Waals surface area contributed by atoms with E-state index in [2.05, 4.69) is 9.97 Å². The number of rotatable bonds is 6. The van der Waals surface area contributed by atoms with Crippen LogP contribution in [0.4, 0.5) is 0 Å². The summed E-state index contributed by atoms with van der Waals surface area (Å²) in [6.45, 7) is 5.27. The number of thiophene rings is 1. The molecule has 0 aliphatic heterocycles. The summed E-state index contributed by atoms with van der Waals surface area (Å²) in [6.07, 6.45) is 0. The third-order valence-corrected chi connectivity index (χ3v) is 5.46. The quantitative estimate of drug-likeness (QED) is 0.615. The van der Waals surface area contributed by atoms with Crippen molar-refractivity contribution in [3.05, 3.63) is 55.9 Å². The maximum absolute atomic E-state index is 12.5. The summed E-state index contributed by atoms with van der Waals surface area (Å²) in [6, 6.07) is 4.98. The van der Waals surface area contributed by atoms with E-state index in [4.69, 9.17) is 14.2 Å². The summed E-state index contributed by atoms with van der Waals surface area (Å²) in [7, 11) is 1.52. The molecule has 0 fully saturated rings. The van der Waals surface area contributed by atoms with Gasteiger partial charge in [0, 0.05) is 0 Å². The highest BCUT2D eigenvalue weighted by Crippen LogP contribution is 2.27. The minimum absolute atomic E-state index is 0.187. The molecule has 1 aromatic carbocycles. The largest absolute Gasteiger partial charge is 0.496 e. The Labute approximate surface area is 170 Å². The molecule has 29 heavy (non-hydrogen) atoms. The van der Waals surface area contributed by atoms with Crippen LogP contribution in [-0.2, 0) is 16.1 Å². The molecule has 0 radical (unpaired) electrons. The molecule has 152 valence electrons. The molecule has 0 saturated carbocycles. The van der Waals surface area contributed by atoms with E-state index < -0.39 is 17.5 Å². The highest BCUT2D eigenvalue weighted by molar-refractivity contribution is 7.20.